The van der Waals surface area contributed by atoms with Crippen molar-refractivity contribution in [3.8, 4) is 17.4 Å². The van der Waals surface area contributed by atoms with Crippen LogP contribution in [0.25, 0.3) is 0 Å². The molecule has 1 aromatic carbocycles. The fraction of sp³-hybridized carbons (Fsp3) is 0.567. The molecule has 0 amide bonds. The zero-order valence-corrected chi connectivity index (χ0v) is 26.4. The summed E-state index contributed by atoms with van der Waals surface area (Å²) in [5, 5.41) is 28.1. The molecule has 3 aliphatic carbocycles. The van der Waals surface area contributed by atoms with E-state index in [9.17, 15) is 28.2 Å². The average Bonchev–Trinajstić information content (AvgIpc) is 3.38. The predicted molar refractivity (Wildman–Crippen MR) is 159 cm³/mol. The van der Waals surface area contributed by atoms with Crippen LogP contribution in [-0.4, -0.2) is 80.3 Å². The second-order valence-corrected chi connectivity index (χ2v) is 12.4. The van der Waals surface area contributed by atoms with Gasteiger partial charge in [-0.2, -0.15) is 0 Å². The average molecular weight is 634 g/mol. The minimum absolute atomic E-state index is 0.000355. The molecule has 0 unspecified atom stereocenters. The SMILES string of the molecule is CCCCOc1noc2c1C(=O)[C@@]1(O)C(O)=C3C(=O)c4c(c(OC)cc(N[SH](=O)=O)c4OCCCC)C[C@H]3C[C@H]1[C@@H]2N(C)C. The smallest absolute Gasteiger partial charge is 0.265 e. The molecule has 240 valence electrons. The number of aliphatic hydroxyl groups excluding tert-OH is 1. The molecule has 0 spiro atoms. The van der Waals surface area contributed by atoms with Gasteiger partial charge in [0.2, 0.25) is 16.7 Å². The maximum Gasteiger partial charge on any atom is 0.265 e. The Kier molecular flexibility index (Phi) is 8.96. The first kappa shape index (κ1) is 31.8. The number of allylic oxidation sites excluding steroid dienone is 1. The number of hydrogen-bond acceptors (Lipinski definition) is 12. The Morgan fingerprint density at radius 1 is 1.14 bits per heavy atom. The third kappa shape index (κ3) is 5.02. The number of Topliss-reactive ketones (excluding diaryl/α,β-unsaturated/α-hetero) is 2. The predicted octanol–water partition coefficient (Wildman–Crippen LogP) is 3.40. The van der Waals surface area contributed by atoms with Crippen LogP contribution in [0.3, 0.4) is 0 Å². The highest BCUT2D eigenvalue weighted by Gasteiger charge is 2.64. The van der Waals surface area contributed by atoms with Crippen molar-refractivity contribution in [3.63, 3.8) is 0 Å². The number of ether oxygens (including phenoxy) is 3. The molecule has 4 atom stereocenters. The van der Waals surface area contributed by atoms with Crippen LogP contribution in [0, 0.1) is 11.8 Å². The van der Waals surface area contributed by atoms with Crippen LogP contribution in [0.4, 0.5) is 5.69 Å². The minimum atomic E-state index is -3.12. The van der Waals surface area contributed by atoms with E-state index in [1.165, 1.54) is 13.2 Å². The van der Waals surface area contributed by atoms with Crippen LogP contribution in [0.5, 0.6) is 17.4 Å². The summed E-state index contributed by atoms with van der Waals surface area (Å²) < 4.78 is 48.7. The van der Waals surface area contributed by atoms with Gasteiger partial charge in [0.1, 0.15) is 17.1 Å². The zero-order chi connectivity index (χ0) is 31.9. The maximum atomic E-state index is 14.4. The maximum absolute atomic E-state index is 14.4. The van der Waals surface area contributed by atoms with Crippen molar-refractivity contribution < 1.29 is 47.0 Å². The standard InChI is InChI=1S/C30H39N3O10S/c1-6-8-10-41-25-18(32-44(38)39)14-19(40-5)16-12-15-13-17-23(33(3)4)26-22(29(31-43-26)42-11-9-7-2)28(36)30(17,37)27(35)20(15)24(34)21(16)25/h14-15,17,23,35,37,44H,6-13H2,1-5H3,(H,32,38,39)/t15-,17-,23-,30-/m0/s1. The van der Waals surface area contributed by atoms with E-state index in [2.05, 4.69) is 9.88 Å². The van der Waals surface area contributed by atoms with Crippen LogP contribution in [0.15, 0.2) is 21.9 Å². The number of carbonyl (C=O) groups excluding carboxylic acids is 2. The molecule has 3 aliphatic rings. The quantitative estimate of drug-likeness (QED) is 0.198. The van der Waals surface area contributed by atoms with Crippen LogP contribution in [0.2, 0.25) is 0 Å². The van der Waals surface area contributed by atoms with Gasteiger partial charge >= 0.3 is 0 Å². The highest BCUT2D eigenvalue weighted by Crippen LogP contribution is 2.57. The number of fused-ring (bicyclic) bond motifs is 4. The van der Waals surface area contributed by atoms with E-state index in [4.69, 9.17) is 18.7 Å². The Balaban J connectivity index is 1.69. The van der Waals surface area contributed by atoms with E-state index in [1.807, 2.05) is 13.8 Å². The molecule has 14 heteroatoms. The number of carbonyl (C=O) groups is 2. The third-order valence-electron chi connectivity index (χ3n) is 8.75. The molecule has 0 saturated heterocycles. The lowest BCUT2D eigenvalue weighted by molar-refractivity contribution is -0.0559. The highest BCUT2D eigenvalue weighted by molar-refractivity contribution is 7.73. The second-order valence-electron chi connectivity index (χ2n) is 11.6. The lowest BCUT2D eigenvalue weighted by Crippen LogP contribution is -2.59. The third-order valence-corrected chi connectivity index (χ3v) is 9.17. The Hall–Kier alpha value is -3.62. The number of nitrogens with one attached hydrogen (secondary N) is 1. The summed E-state index contributed by atoms with van der Waals surface area (Å²) in [5.41, 5.74) is -2.15. The molecule has 44 heavy (non-hydrogen) atoms. The molecule has 1 aromatic heterocycles. The first-order valence-corrected chi connectivity index (χ1v) is 16.0. The number of unbranched alkanes of at least 4 members (excludes halogenated alkanes) is 2. The van der Waals surface area contributed by atoms with Crippen molar-refractivity contribution in [1.82, 2.24) is 10.1 Å². The van der Waals surface area contributed by atoms with Gasteiger partial charge in [-0.15, -0.1) is 0 Å². The largest absolute Gasteiger partial charge is 0.508 e. The summed E-state index contributed by atoms with van der Waals surface area (Å²) in [6.45, 7) is 4.42. The number of thiol groups is 1. The summed E-state index contributed by atoms with van der Waals surface area (Å²) >= 11 is 0. The van der Waals surface area contributed by atoms with Gasteiger partial charge < -0.3 is 28.9 Å². The summed E-state index contributed by atoms with van der Waals surface area (Å²) in [4.78, 5) is 30.3. The van der Waals surface area contributed by atoms with Crippen LogP contribution >= 0.6 is 0 Å². The molecule has 0 fully saturated rings. The molecule has 13 nitrogen and oxygen atoms in total. The molecule has 2 aromatic rings. The van der Waals surface area contributed by atoms with Crippen LogP contribution in [-0.2, 0) is 17.3 Å². The van der Waals surface area contributed by atoms with Gasteiger partial charge in [0, 0.05) is 23.1 Å². The fourth-order valence-electron chi connectivity index (χ4n) is 6.69. The summed E-state index contributed by atoms with van der Waals surface area (Å²) in [5.74, 6) is -3.36. The van der Waals surface area contributed by atoms with Crippen molar-refractivity contribution in [2.45, 2.75) is 64.0 Å². The lowest BCUT2D eigenvalue weighted by Gasteiger charge is -2.49. The van der Waals surface area contributed by atoms with Gasteiger partial charge in [-0.05, 0) is 50.9 Å². The number of aliphatic hydroxyl groups is 2. The summed E-state index contributed by atoms with van der Waals surface area (Å²) in [6.07, 6.45) is 3.32. The minimum Gasteiger partial charge on any atom is -0.508 e. The molecule has 5 rings (SSSR count). The topological polar surface area (TPSA) is 178 Å². The van der Waals surface area contributed by atoms with Gasteiger partial charge in [-0.25, -0.2) is 8.42 Å². The van der Waals surface area contributed by atoms with Crippen molar-refractivity contribution in [2.24, 2.45) is 11.8 Å². The van der Waals surface area contributed by atoms with Crippen molar-refractivity contribution in [1.29, 1.82) is 0 Å². The van der Waals surface area contributed by atoms with Crippen molar-refractivity contribution in [2.75, 3.05) is 39.1 Å². The first-order chi connectivity index (χ1) is 21.0. The van der Waals surface area contributed by atoms with Gasteiger partial charge in [-0.3, -0.25) is 19.2 Å². The van der Waals surface area contributed by atoms with Gasteiger partial charge in [-0.1, -0.05) is 26.7 Å². The number of nitrogens with zero attached hydrogens (tertiary/aromatic N) is 2. The molecule has 0 bridgehead atoms. The molecular formula is C30H39N3O10S. The number of ketones is 2. The van der Waals surface area contributed by atoms with E-state index >= 15 is 0 Å². The Labute approximate surface area is 257 Å². The number of anilines is 1. The van der Waals surface area contributed by atoms with E-state index in [-0.39, 0.29) is 71.6 Å². The monoisotopic (exact) mass is 633 g/mol. The van der Waals surface area contributed by atoms with Crippen LogP contribution < -0.4 is 18.9 Å². The Morgan fingerprint density at radius 3 is 2.43 bits per heavy atom. The molecule has 0 saturated carbocycles. The number of benzene rings is 1. The van der Waals surface area contributed by atoms with E-state index in [0.717, 1.165) is 12.8 Å². The lowest BCUT2D eigenvalue weighted by atomic mass is 9.58. The van der Waals surface area contributed by atoms with Crippen molar-refractivity contribution >= 4 is 28.1 Å². The number of aromatic nitrogens is 1. The zero-order valence-electron chi connectivity index (χ0n) is 25.5. The first-order valence-electron chi connectivity index (χ1n) is 14.8. The molecule has 3 N–H and O–H groups in total. The summed E-state index contributed by atoms with van der Waals surface area (Å²) in [7, 11) is 1.82. The molecule has 0 radical (unpaired) electrons. The Morgan fingerprint density at radius 2 is 1.82 bits per heavy atom. The molecular weight excluding hydrogens is 594 g/mol. The van der Waals surface area contributed by atoms with Crippen molar-refractivity contribution in [3.05, 3.63) is 39.8 Å². The Bertz CT molecular complexity index is 1570. The highest BCUT2D eigenvalue weighted by atomic mass is 32.2. The van der Waals surface area contributed by atoms with Crippen LogP contribution in [0.1, 0.15) is 84.0 Å². The number of methoxy groups -OCH3 is 1. The van der Waals surface area contributed by atoms with E-state index in [0.29, 0.717) is 18.4 Å². The molecule has 0 aliphatic heterocycles. The van der Waals surface area contributed by atoms with Gasteiger partial charge in [0.15, 0.2) is 22.9 Å². The second kappa shape index (κ2) is 12.4. The van der Waals surface area contributed by atoms with Gasteiger partial charge in [0.05, 0.1) is 37.6 Å². The van der Waals surface area contributed by atoms with E-state index < -0.39 is 51.7 Å². The molecule has 1 heterocycles. The van der Waals surface area contributed by atoms with Gasteiger partial charge in [0.25, 0.3) is 5.88 Å². The van der Waals surface area contributed by atoms with E-state index in [1.54, 1.807) is 19.0 Å². The fourth-order valence-corrected chi connectivity index (χ4v) is 7.06. The number of hydrogen-bond donors (Lipinski definition) is 4. The normalized spacial score (nSPS) is 24.1. The number of rotatable bonds is 12. The summed E-state index contributed by atoms with van der Waals surface area (Å²) in [6, 6.07) is 0.790.